The maximum atomic E-state index is 2.73. The van der Waals surface area contributed by atoms with Gasteiger partial charge in [-0.05, 0) is 57.1 Å². The van der Waals surface area contributed by atoms with Crippen LogP contribution >= 0.6 is 11.8 Å². The minimum absolute atomic E-state index is 0.0204. The van der Waals surface area contributed by atoms with E-state index in [0.29, 0.717) is 0 Å². The molecule has 1 aromatic heterocycles. The molecule has 4 heteroatoms. The number of hydrogen-bond donors (Lipinski definition) is 0. The van der Waals surface area contributed by atoms with Gasteiger partial charge in [-0.25, -0.2) is 0 Å². The standard InChI is InChI=1S/C38H35BN2S/c1-37(2,3)26-16-12-22-32-35(26)41(36-27(38(4,5)6)17-13-23-33(36)42-32)39-28-18-8-10-21-31(28)40-30-20-9-7-14-24(30)25-15-11-19-29(39)34(25)40/h7-23H,1-6H3. The molecular formula is C38H35BN2S. The van der Waals surface area contributed by atoms with Gasteiger partial charge in [0, 0.05) is 37.6 Å². The molecule has 0 amide bonds. The molecule has 0 bridgehead atoms. The predicted molar refractivity (Wildman–Crippen MR) is 182 cm³/mol. The van der Waals surface area contributed by atoms with E-state index in [1.54, 1.807) is 0 Å². The minimum atomic E-state index is -0.0204. The second kappa shape index (κ2) is 8.81. The van der Waals surface area contributed by atoms with E-state index in [1.165, 1.54) is 70.7 Å². The lowest BCUT2D eigenvalue weighted by atomic mass is 9.46. The normalized spacial score (nSPS) is 14.2. The number of rotatable bonds is 1. The van der Waals surface area contributed by atoms with Crippen LogP contribution < -0.4 is 15.7 Å². The van der Waals surface area contributed by atoms with Crippen molar-refractivity contribution in [2.45, 2.75) is 62.2 Å². The molecule has 6 aromatic rings. The van der Waals surface area contributed by atoms with Gasteiger partial charge in [0.1, 0.15) is 0 Å². The summed E-state index contributed by atoms with van der Waals surface area (Å²) in [5, 5.41) is 2.63. The number of hydrogen-bond acceptors (Lipinski definition) is 2. The molecule has 5 aromatic carbocycles. The molecule has 206 valence electrons. The molecule has 0 aliphatic carbocycles. The van der Waals surface area contributed by atoms with Gasteiger partial charge in [0.25, 0.3) is 0 Å². The number of nitrogens with zero attached hydrogens (tertiary/aromatic N) is 2. The fourth-order valence-corrected chi connectivity index (χ4v) is 8.43. The Morgan fingerprint density at radius 1 is 0.548 bits per heavy atom. The van der Waals surface area contributed by atoms with E-state index in [0.717, 1.165) is 0 Å². The van der Waals surface area contributed by atoms with Crippen LogP contribution in [0.5, 0.6) is 0 Å². The summed E-state index contributed by atoms with van der Waals surface area (Å²) in [5.41, 5.74) is 12.0. The summed E-state index contributed by atoms with van der Waals surface area (Å²) in [5.74, 6) is 0. The summed E-state index contributed by atoms with van der Waals surface area (Å²) < 4.78 is 2.51. The molecule has 2 nitrogen and oxygen atoms in total. The van der Waals surface area contributed by atoms with Crippen molar-refractivity contribution in [3.8, 4) is 5.69 Å². The van der Waals surface area contributed by atoms with Crippen molar-refractivity contribution in [2.75, 3.05) is 4.81 Å². The first kappa shape index (κ1) is 25.8. The van der Waals surface area contributed by atoms with Gasteiger partial charge in [0.2, 0.25) is 0 Å². The Balaban J connectivity index is 1.55. The van der Waals surface area contributed by atoms with E-state index in [4.69, 9.17) is 0 Å². The van der Waals surface area contributed by atoms with Crippen LogP contribution in [0.3, 0.4) is 0 Å². The molecule has 8 rings (SSSR count). The third-order valence-electron chi connectivity index (χ3n) is 9.07. The number of anilines is 2. The largest absolute Gasteiger partial charge is 0.375 e. The van der Waals surface area contributed by atoms with Crippen LogP contribution in [-0.2, 0) is 10.8 Å². The first-order chi connectivity index (χ1) is 20.1. The van der Waals surface area contributed by atoms with Crippen molar-refractivity contribution in [1.82, 2.24) is 4.57 Å². The molecule has 0 saturated heterocycles. The highest BCUT2D eigenvalue weighted by molar-refractivity contribution is 7.99. The molecule has 0 N–H and O–H groups in total. The summed E-state index contributed by atoms with van der Waals surface area (Å²) in [4.78, 5) is 5.39. The van der Waals surface area contributed by atoms with Gasteiger partial charge in [-0.3, -0.25) is 0 Å². The first-order valence-corrected chi connectivity index (χ1v) is 15.8. The average molecular weight is 563 g/mol. The predicted octanol–water partition coefficient (Wildman–Crippen LogP) is 9.10. The number of benzene rings is 5. The maximum Gasteiger partial charge on any atom is 0.332 e. The summed E-state index contributed by atoms with van der Waals surface area (Å²) in [6.45, 7) is 14.1. The Bertz CT molecular complexity index is 1990. The Morgan fingerprint density at radius 2 is 1.10 bits per heavy atom. The van der Waals surface area contributed by atoms with E-state index in [-0.39, 0.29) is 17.7 Å². The molecule has 0 spiro atoms. The summed E-state index contributed by atoms with van der Waals surface area (Å²) >= 11 is 1.93. The average Bonchev–Trinajstić information content (AvgIpc) is 3.31. The Hall–Kier alpha value is -3.89. The highest BCUT2D eigenvalue weighted by Gasteiger charge is 2.44. The van der Waals surface area contributed by atoms with Crippen LogP contribution in [0, 0.1) is 0 Å². The van der Waals surface area contributed by atoms with Crippen molar-refractivity contribution in [3.05, 3.63) is 114 Å². The van der Waals surface area contributed by atoms with Crippen molar-refractivity contribution < 1.29 is 0 Å². The van der Waals surface area contributed by atoms with Crippen molar-refractivity contribution in [1.29, 1.82) is 0 Å². The lowest BCUT2D eigenvalue weighted by Crippen LogP contribution is -2.59. The quantitative estimate of drug-likeness (QED) is 0.185. The van der Waals surface area contributed by atoms with Gasteiger partial charge in [-0.1, -0.05) is 132 Å². The van der Waals surface area contributed by atoms with Crippen LogP contribution in [0.15, 0.2) is 113 Å². The number of fused-ring (bicyclic) bond motifs is 7. The zero-order chi connectivity index (χ0) is 29.0. The van der Waals surface area contributed by atoms with Gasteiger partial charge in [0.15, 0.2) is 0 Å². The number of para-hydroxylation sites is 5. The second-order valence-electron chi connectivity index (χ2n) is 13.8. The van der Waals surface area contributed by atoms with Gasteiger partial charge >= 0.3 is 6.85 Å². The van der Waals surface area contributed by atoms with Crippen molar-refractivity contribution >= 4 is 62.7 Å². The highest BCUT2D eigenvalue weighted by Crippen LogP contribution is 2.55. The summed E-state index contributed by atoms with van der Waals surface area (Å²) in [7, 11) is 0. The SMILES string of the molecule is CC(C)(C)c1cccc2c1N(B1c3ccccc3-n3c4ccccc4c4cccc1c43)c1c(cccc1C(C)(C)C)S2. The molecule has 0 atom stereocenters. The first-order valence-electron chi connectivity index (χ1n) is 15.0. The van der Waals surface area contributed by atoms with Gasteiger partial charge in [-0.2, -0.15) is 0 Å². The molecule has 2 aliphatic rings. The van der Waals surface area contributed by atoms with Crippen LogP contribution in [0.2, 0.25) is 0 Å². The van der Waals surface area contributed by atoms with Crippen LogP contribution in [0.1, 0.15) is 52.7 Å². The lowest BCUT2D eigenvalue weighted by Gasteiger charge is -2.45. The third-order valence-corrected chi connectivity index (χ3v) is 10.2. The lowest BCUT2D eigenvalue weighted by molar-refractivity contribution is 0.585. The molecular weight excluding hydrogens is 527 g/mol. The van der Waals surface area contributed by atoms with E-state index < -0.39 is 0 Å². The van der Waals surface area contributed by atoms with E-state index in [1.807, 2.05) is 11.8 Å². The second-order valence-corrected chi connectivity index (χ2v) is 14.9. The van der Waals surface area contributed by atoms with Gasteiger partial charge < -0.3 is 9.38 Å². The molecule has 3 heterocycles. The van der Waals surface area contributed by atoms with Crippen LogP contribution in [-0.4, -0.2) is 11.4 Å². The zero-order valence-electron chi connectivity index (χ0n) is 25.2. The Labute approximate surface area is 253 Å². The van der Waals surface area contributed by atoms with Gasteiger partial charge in [-0.15, -0.1) is 0 Å². The zero-order valence-corrected chi connectivity index (χ0v) is 26.0. The Kier molecular flexibility index (Phi) is 5.41. The molecule has 0 saturated carbocycles. The molecule has 2 aliphatic heterocycles. The van der Waals surface area contributed by atoms with Crippen molar-refractivity contribution in [2.24, 2.45) is 0 Å². The maximum absolute atomic E-state index is 2.73. The van der Waals surface area contributed by atoms with E-state index in [2.05, 4.69) is 154 Å². The fraction of sp³-hybridized carbons (Fsp3) is 0.211. The van der Waals surface area contributed by atoms with Crippen LogP contribution in [0.25, 0.3) is 27.5 Å². The Morgan fingerprint density at radius 3 is 1.76 bits per heavy atom. The fourth-order valence-electron chi connectivity index (χ4n) is 7.29. The highest BCUT2D eigenvalue weighted by atomic mass is 32.2. The molecule has 0 unspecified atom stereocenters. The summed E-state index contributed by atoms with van der Waals surface area (Å²) in [6.07, 6.45) is 0. The van der Waals surface area contributed by atoms with Crippen LogP contribution in [0.4, 0.5) is 11.4 Å². The van der Waals surface area contributed by atoms with E-state index >= 15 is 0 Å². The monoisotopic (exact) mass is 562 g/mol. The van der Waals surface area contributed by atoms with E-state index in [9.17, 15) is 0 Å². The minimum Gasteiger partial charge on any atom is -0.375 e. The topological polar surface area (TPSA) is 8.17 Å². The third kappa shape index (κ3) is 3.54. The van der Waals surface area contributed by atoms with Crippen molar-refractivity contribution in [3.63, 3.8) is 0 Å². The smallest absolute Gasteiger partial charge is 0.332 e. The van der Waals surface area contributed by atoms with Gasteiger partial charge in [0.05, 0.1) is 11.0 Å². The summed E-state index contributed by atoms with van der Waals surface area (Å²) in [6, 6.07) is 38.7. The molecule has 0 radical (unpaired) electrons. The number of aromatic nitrogens is 1. The molecule has 42 heavy (non-hydrogen) atoms. The molecule has 0 fully saturated rings.